The summed E-state index contributed by atoms with van der Waals surface area (Å²) in [5.41, 5.74) is 2.90. The Morgan fingerprint density at radius 3 is 2.71 bits per heavy atom. The van der Waals surface area contributed by atoms with Gasteiger partial charge in [0.25, 0.3) is 0 Å². The normalized spacial score (nSPS) is 21.6. The molecule has 1 fully saturated rings. The van der Waals surface area contributed by atoms with Gasteiger partial charge in [-0.15, -0.1) is 0 Å². The maximum atomic E-state index is 3.59. The van der Waals surface area contributed by atoms with Crippen LogP contribution in [0.1, 0.15) is 36.9 Å². The van der Waals surface area contributed by atoms with Crippen molar-refractivity contribution in [1.29, 1.82) is 0 Å². The molecule has 1 saturated heterocycles. The van der Waals surface area contributed by atoms with E-state index in [0.29, 0.717) is 6.04 Å². The highest BCUT2D eigenvalue weighted by atomic mass is 15.2. The van der Waals surface area contributed by atoms with Crippen LogP contribution in [-0.4, -0.2) is 31.6 Å². The molecule has 2 heteroatoms. The van der Waals surface area contributed by atoms with Gasteiger partial charge in [0.15, 0.2) is 0 Å². The molecule has 0 saturated carbocycles. The van der Waals surface area contributed by atoms with Crippen LogP contribution in [-0.2, 0) is 6.42 Å². The number of likely N-dealkylation sites (N-methyl/N-ethyl adjacent to an activating group) is 1. The molecule has 0 aromatic heterocycles. The smallest absolute Gasteiger partial charge is 0.0449 e. The van der Waals surface area contributed by atoms with Gasteiger partial charge in [-0.05, 0) is 31.0 Å². The lowest BCUT2D eigenvalue weighted by molar-refractivity contribution is 0.241. The van der Waals surface area contributed by atoms with Crippen molar-refractivity contribution in [2.24, 2.45) is 0 Å². The van der Waals surface area contributed by atoms with Crippen molar-refractivity contribution in [3.8, 4) is 0 Å². The summed E-state index contributed by atoms with van der Waals surface area (Å²) in [4.78, 5) is 2.40. The fourth-order valence-electron chi connectivity index (χ4n) is 2.42. The minimum atomic E-state index is 0.508. The van der Waals surface area contributed by atoms with E-state index in [1.807, 2.05) is 0 Å². The van der Waals surface area contributed by atoms with Gasteiger partial charge in [0, 0.05) is 25.7 Å². The SMILES string of the molecule is CCCCc1ccc(C2CN(C)CCN2)cc1. The van der Waals surface area contributed by atoms with Crippen LogP contribution in [0.25, 0.3) is 0 Å². The van der Waals surface area contributed by atoms with Crippen molar-refractivity contribution in [2.45, 2.75) is 32.2 Å². The van der Waals surface area contributed by atoms with Crippen LogP contribution < -0.4 is 5.32 Å². The quantitative estimate of drug-likeness (QED) is 0.858. The Balaban J connectivity index is 1.96. The molecule has 0 radical (unpaired) electrons. The number of nitrogens with one attached hydrogen (secondary N) is 1. The molecule has 0 bridgehead atoms. The summed E-state index contributed by atoms with van der Waals surface area (Å²) in [6, 6.07) is 9.68. The zero-order valence-corrected chi connectivity index (χ0v) is 11.1. The molecule has 1 aromatic rings. The molecule has 1 unspecified atom stereocenters. The minimum Gasteiger partial charge on any atom is -0.308 e. The Morgan fingerprint density at radius 2 is 2.06 bits per heavy atom. The van der Waals surface area contributed by atoms with E-state index >= 15 is 0 Å². The van der Waals surface area contributed by atoms with E-state index < -0.39 is 0 Å². The number of piperazine rings is 1. The van der Waals surface area contributed by atoms with E-state index in [1.54, 1.807) is 0 Å². The average Bonchev–Trinajstić information content (AvgIpc) is 2.37. The molecule has 1 heterocycles. The molecule has 1 aliphatic heterocycles. The predicted molar refractivity (Wildman–Crippen MR) is 73.3 cm³/mol. The molecule has 0 spiro atoms. The van der Waals surface area contributed by atoms with Crippen LogP contribution in [0, 0.1) is 0 Å². The van der Waals surface area contributed by atoms with Crippen LogP contribution in [0.2, 0.25) is 0 Å². The molecule has 2 nitrogen and oxygen atoms in total. The first-order valence-electron chi connectivity index (χ1n) is 6.80. The number of aryl methyl sites for hydroxylation is 1. The number of nitrogens with zero attached hydrogens (tertiary/aromatic N) is 1. The molecule has 1 N–H and O–H groups in total. The number of hydrogen-bond acceptors (Lipinski definition) is 2. The van der Waals surface area contributed by atoms with Gasteiger partial charge in [0.05, 0.1) is 0 Å². The maximum Gasteiger partial charge on any atom is 0.0449 e. The summed E-state index contributed by atoms with van der Waals surface area (Å²) < 4.78 is 0. The molecule has 94 valence electrons. The Morgan fingerprint density at radius 1 is 1.29 bits per heavy atom. The first-order valence-corrected chi connectivity index (χ1v) is 6.80. The van der Waals surface area contributed by atoms with E-state index in [2.05, 4.69) is 48.5 Å². The molecule has 1 atom stereocenters. The second kappa shape index (κ2) is 6.18. The largest absolute Gasteiger partial charge is 0.308 e. The van der Waals surface area contributed by atoms with Crippen molar-refractivity contribution in [3.05, 3.63) is 35.4 Å². The summed E-state index contributed by atoms with van der Waals surface area (Å²) in [5, 5.41) is 3.59. The average molecular weight is 232 g/mol. The van der Waals surface area contributed by atoms with E-state index in [0.717, 1.165) is 19.6 Å². The number of benzene rings is 1. The molecule has 17 heavy (non-hydrogen) atoms. The topological polar surface area (TPSA) is 15.3 Å². The first-order chi connectivity index (χ1) is 8.29. The lowest BCUT2D eigenvalue weighted by Gasteiger charge is -2.31. The Labute approximate surface area is 105 Å². The zero-order valence-electron chi connectivity index (χ0n) is 11.1. The van der Waals surface area contributed by atoms with Crippen molar-refractivity contribution in [1.82, 2.24) is 10.2 Å². The standard InChI is InChI=1S/C15H24N2/c1-3-4-5-13-6-8-14(9-7-13)15-12-17(2)11-10-16-15/h6-9,15-16H,3-5,10-12H2,1-2H3. The predicted octanol–water partition coefficient (Wildman–Crippen LogP) is 2.61. The summed E-state index contributed by atoms with van der Waals surface area (Å²) in [5.74, 6) is 0. The van der Waals surface area contributed by atoms with Gasteiger partial charge in [0.1, 0.15) is 0 Å². The van der Waals surface area contributed by atoms with Gasteiger partial charge in [-0.25, -0.2) is 0 Å². The number of unbranched alkanes of at least 4 members (excludes halogenated alkanes) is 1. The van der Waals surface area contributed by atoms with Crippen molar-refractivity contribution in [2.75, 3.05) is 26.7 Å². The van der Waals surface area contributed by atoms with Crippen LogP contribution in [0.4, 0.5) is 0 Å². The number of rotatable bonds is 4. The van der Waals surface area contributed by atoms with Crippen LogP contribution in [0.3, 0.4) is 0 Å². The molecule has 0 amide bonds. The lowest BCUT2D eigenvalue weighted by Crippen LogP contribution is -2.43. The second-order valence-corrected chi connectivity index (χ2v) is 5.11. The number of hydrogen-bond donors (Lipinski definition) is 1. The molecular weight excluding hydrogens is 208 g/mol. The fourth-order valence-corrected chi connectivity index (χ4v) is 2.42. The van der Waals surface area contributed by atoms with E-state index in [4.69, 9.17) is 0 Å². The molecule has 1 aromatic carbocycles. The monoisotopic (exact) mass is 232 g/mol. The second-order valence-electron chi connectivity index (χ2n) is 5.11. The summed E-state index contributed by atoms with van der Waals surface area (Å²) in [6.07, 6.45) is 3.79. The molecular formula is C15H24N2. The van der Waals surface area contributed by atoms with Gasteiger partial charge in [-0.3, -0.25) is 0 Å². The van der Waals surface area contributed by atoms with Gasteiger partial charge in [0.2, 0.25) is 0 Å². The lowest BCUT2D eigenvalue weighted by atomic mass is 10.0. The van der Waals surface area contributed by atoms with Crippen molar-refractivity contribution >= 4 is 0 Å². The van der Waals surface area contributed by atoms with Crippen molar-refractivity contribution in [3.63, 3.8) is 0 Å². The molecule has 1 aliphatic rings. The highest BCUT2D eigenvalue weighted by Crippen LogP contribution is 2.17. The zero-order chi connectivity index (χ0) is 12.1. The fraction of sp³-hybridized carbons (Fsp3) is 0.600. The highest BCUT2D eigenvalue weighted by Gasteiger charge is 2.17. The van der Waals surface area contributed by atoms with E-state index in [1.165, 1.54) is 30.4 Å². The van der Waals surface area contributed by atoms with E-state index in [-0.39, 0.29) is 0 Å². The van der Waals surface area contributed by atoms with Gasteiger partial charge in [-0.1, -0.05) is 37.6 Å². The Bertz CT molecular complexity index is 331. The third-order valence-corrected chi connectivity index (χ3v) is 3.58. The van der Waals surface area contributed by atoms with Gasteiger partial charge < -0.3 is 10.2 Å². The molecule has 0 aliphatic carbocycles. The summed E-state index contributed by atoms with van der Waals surface area (Å²) in [6.45, 7) is 5.62. The Hall–Kier alpha value is -0.860. The van der Waals surface area contributed by atoms with Crippen LogP contribution >= 0.6 is 0 Å². The highest BCUT2D eigenvalue weighted by molar-refractivity contribution is 5.25. The van der Waals surface area contributed by atoms with E-state index in [9.17, 15) is 0 Å². The van der Waals surface area contributed by atoms with Crippen molar-refractivity contribution < 1.29 is 0 Å². The Kier molecular flexibility index (Phi) is 4.57. The van der Waals surface area contributed by atoms with Crippen LogP contribution in [0.15, 0.2) is 24.3 Å². The van der Waals surface area contributed by atoms with Gasteiger partial charge >= 0.3 is 0 Å². The van der Waals surface area contributed by atoms with Crippen LogP contribution in [0.5, 0.6) is 0 Å². The summed E-state index contributed by atoms with van der Waals surface area (Å²) >= 11 is 0. The third-order valence-electron chi connectivity index (χ3n) is 3.58. The maximum absolute atomic E-state index is 3.59. The summed E-state index contributed by atoms with van der Waals surface area (Å²) in [7, 11) is 2.20. The first kappa shape index (κ1) is 12.6. The van der Waals surface area contributed by atoms with Gasteiger partial charge in [-0.2, -0.15) is 0 Å². The third kappa shape index (κ3) is 3.55. The molecule has 2 rings (SSSR count). The minimum absolute atomic E-state index is 0.508.